The van der Waals surface area contributed by atoms with Gasteiger partial charge in [0.05, 0.1) is 35.2 Å². The second kappa shape index (κ2) is 8.85. The van der Waals surface area contributed by atoms with E-state index in [1.54, 1.807) is 0 Å². The number of hydrogen-bond acceptors (Lipinski definition) is 8. The van der Waals surface area contributed by atoms with Gasteiger partial charge in [-0.1, -0.05) is 11.6 Å². The van der Waals surface area contributed by atoms with E-state index in [1.165, 1.54) is 36.7 Å². The number of nitro groups is 2. The zero-order valence-electron chi connectivity index (χ0n) is 12.9. The van der Waals surface area contributed by atoms with Crippen molar-refractivity contribution in [3.8, 4) is 0 Å². The highest BCUT2D eigenvalue weighted by Crippen LogP contribution is 2.18. The first-order valence-electron chi connectivity index (χ1n) is 7.16. The van der Waals surface area contributed by atoms with E-state index >= 15 is 0 Å². The summed E-state index contributed by atoms with van der Waals surface area (Å²) in [5.41, 5.74) is 0.0338. The average Bonchev–Trinajstić information content (AvgIpc) is 2.63. The van der Waals surface area contributed by atoms with Crippen molar-refractivity contribution in [3.63, 3.8) is 0 Å². The fraction of sp³-hybridized carbons (Fsp3) is 0.286. The van der Waals surface area contributed by atoms with Crippen molar-refractivity contribution in [2.24, 2.45) is 0 Å². The number of ether oxygens (including phenoxy) is 1. The zero-order valence-corrected chi connectivity index (χ0v) is 13.7. The molecule has 1 aliphatic heterocycles. The smallest absolute Gasteiger partial charge is 0.274 e. The van der Waals surface area contributed by atoms with Crippen molar-refractivity contribution in [1.82, 2.24) is 9.97 Å². The Bertz CT molecular complexity index is 754. The lowest BCUT2D eigenvalue weighted by Crippen LogP contribution is -2.36. The van der Waals surface area contributed by atoms with Crippen LogP contribution >= 0.6 is 11.6 Å². The van der Waals surface area contributed by atoms with Gasteiger partial charge in [0, 0.05) is 37.6 Å². The largest absolute Gasteiger partial charge is 0.378 e. The maximum absolute atomic E-state index is 10.6. The summed E-state index contributed by atoms with van der Waals surface area (Å²) in [6.07, 6.45) is 2.75. The number of morpholine rings is 1. The summed E-state index contributed by atoms with van der Waals surface area (Å²) < 4.78 is 5.20. The monoisotopic (exact) mass is 367 g/mol. The summed E-state index contributed by atoms with van der Waals surface area (Å²) in [5.74, 6) is 0.646. The minimum absolute atomic E-state index is 0.0417. The van der Waals surface area contributed by atoms with E-state index < -0.39 is 9.85 Å². The first kappa shape index (κ1) is 18.5. The molecule has 0 bridgehead atoms. The molecular weight excluding hydrogens is 354 g/mol. The fourth-order valence-corrected chi connectivity index (χ4v) is 2.16. The number of halogens is 1. The zero-order chi connectivity index (χ0) is 18.2. The molecule has 3 heterocycles. The van der Waals surface area contributed by atoms with Crippen LogP contribution in [-0.4, -0.2) is 46.1 Å². The van der Waals surface area contributed by atoms with Gasteiger partial charge in [0.25, 0.3) is 11.4 Å². The van der Waals surface area contributed by atoms with Gasteiger partial charge in [-0.2, -0.15) is 0 Å². The highest BCUT2D eigenvalue weighted by atomic mass is 35.5. The molecule has 0 unspecified atom stereocenters. The normalized spacial score (nSPS) is 13.6. The van der Waals surface area contributed by atoms with Crippen molar-refractivity contribution < 1.29 is 14.6 Å². The van der Waals surface area contributed by atoms with Crippen LogP contribution in [0.4, 0.5) is 17.2 Å². The highest BCUT2D eigenvalue weighted by molar-refractivity contribution is 6.29. The maximum atomic E-state index is 10.6. The molecule has 0 atom stereocenters. The van der Waals surface area contributed by atoms with E-state index in [0.29, 0.717) is 19.0 Å². The molecule has 0 N–H and O–H groups in total. The second-order valence-electron chi connectivity index (χ2n) is 4.82. The molecule has 2 aromatic heterocycles. The van der Waals surface area contributed by atoms with Crippen molar-refractivity contribution in [2.45, 2.75) is 0 Å². The molecule has 0 radical (unpaired) electrons. The standard InChI is InChI=1S/C9H11N3O3.C5H3ClN2O2/c13-12(14)8-1-2-10-9(7-8)11-3-5-15-6-4-11;6-5-3-4(8(9)10)1-2-7-5/h1-2,7H,3-6H2;1-3H. The van der Waals surface area contributed by atoms with E-state index in [1.807, 2.05) is 4.90 Å². The van der Waals surface area contributed by atoms with Gasteiger partial charge in [-0.25, -0.2) is 9.97 Å². The van der Waals surface area contributed by atoms with Crippen LogP contribution in [-0.2, 0) is 4.74 Å². The SMILES string of the molecule is O=[N+]([O-])c1ccnc(Cl)c1.O=[N+]([O-])c1ccnc(N2CCOCC2)c1. The van der Waals surface area contributed by atoms with E-state index in [4.69, 9.17) is 16.3 Å². The topological polar surface area (TPSA) is 125 Å². The molecule has 25 heavy (non-hydrogen) atoms. The number of nitrogens with zero attached hydrogens (tertiary/aromatic N) is 5. The summed E-state index contributed by atoms with van der Waals surface area (Å²) in [5, 5.41) is 20.8. The van der Waals surface area contributed by atoms with Gasteiger partial charge < -0.3 is 9.64 Å². The summed E-state index contributed by atoms with van der Waals surface area (Å²) in [7, 11) is 0. The lowest BCUT2D eigenvalue weighted by molar-refractivity contribution is -0.385. The van der Waals surface area contributed by atoms with Crippen LogP contribution in [0.3, 0.4) is 0 Å². The van der Waals surface area contributed by atoms with Crippen LogP contribution in [0.25, 0.3) is 0 Å². The Morgan fingerprint density at radius 3 is 2.08 bits per heavy atom. The summed E-state index contributed by atoms with van der Waals surface area (Å²) >= 11 is 5.37. The second-order valence-corrected chi connectivity index (χ2v) is 5.21. The predicted octanol–water partition coefficient (Wildman–Crippen LogP) is 2.47. The Morgan fingerprint density at radius 2 is 1.56 bits per heavy atom. The van der Waals surface area contributed by atoms with E-state index in [9.17, 15) is 20.2 Å². The first-order valence-corrected chi connectivity index (χ1v) is 7.54. The van der Waals surface area contributed by atoms with Gasteiger partial charge in [-0.05, 0) is 0 Å². The molecule has 1 aliphatic rings. The Morgan fingerprint density at radius 1 is 1.00 bits per heavy atom. The van der Waals surface area contributed by atoms with Crippen molar-refractivity contribution in [2.75, 3.05) is 31.2 Å². The number of aromatic nitrogens is 2. The third-order valence-electron chi connectivity index (χ3n) is 3.20. The van der Waals surface area contributed by atoms with Crippen LogP contribution in [0.5, 0.6) is 0 Å². The molecule has 1 fully saturated rings. The molecule has 11 heteroatoms. The van der Waals surface area contributed by atoms with Gasteiger partial charge in [0.2, 0.25) is 0 Å². The van der Waals surface area contributed by atoms with Gasteiger partial charge in [0.15, 0.2) is 0 Å². The van der Waals surface area contributed by atoms with Gasteiger partial charge in [0.1, 0.15) is 11.0 Å². The lowest BCUT2D eigenvalue weighted by Gasteiger charge is -2.27. The minimum atomic E-state index is -0.520. The number of rotatable bonds is 3. The third-order valence-corrected chi connectivity index (χ3v) is 3.40. The number of pyridine rings is 2. The number of anilines is 1. The van der Waals surface area contributed by atoms with Crippen molar-refractivity contribution in [1.29, 1.82) is 0 Å². The lowest BCUT2D eigenvalue weighted by atomic mass is 10.3. The molecule has 0 spiro atoms. The average molecular weight is 368 g/mol. The quantitative estimate of drug-likeness (QED) is 0.460. The van der Waals surface area contributed by atoms with E-state index in [-0.39, 0.29) is 16.5 Å². The molecule has 0 aliphatic carbocycles. The summed E-state index contributed by atoms with van der Waals surface area (Å²) in [6, 6.07) is 5.36. The molecule has 2 aromatic rings. The molecule has 3 rings (SSSR count). The van der Waals surface area contributed by atoms with Crippen LogP contribution in [0.2, 0.25) is 5.15 Å². The van der Waals surface area contributed by atoms with E-state index in [0.717, 1.165) is 13.1 Å². The number of hydrogen-bond donors (Lipinski definition) is 0. The van der Waals surface area contributed by atoms with Crippen molar-refractivity contribution in [3.05, 3.63) is 62.0 Å². The van der Waals surface area contributed by atoms with Crippen LogP contribution in [0, 0.1) is 20.2 Å². The Balaban J connectivity index is 0.000000196. The molecular formula is C14H14ClN5O5. The summed E-state index contributed by atoms with van der Waals surface area (Å²) in [4.78, 5) is 29.4. The minimum Gasteiger partial charge on any atom is -0.378 e. The van der Waals surface area contributed by atoms with Crippen LogP contribution < -0.4 is 4.90 Å². The van der Waals surface area contributed by atoms with Gasteiger partial charge in [-0.15, -0.1) is 0 Å². The van der Waals surface area contributed by atoms with Crippen molar-refractivity contribution >= 4 is 28.8 Å². The Kier molecular flexibility index (Phi) is 6.54. The third kappa shape index (κ3) is 5.62. The van der Waals surface area contributed by atoms with Crippen LogP contribution in [0.15, 0.2) is 36.7 Å². The Hall–Kier alpha value is -2.85. The molecule has 0 amide bonds. The van der Waals surface area contributed by atoms with Gasteiger partial charge >= 0.3 is 0 Å². The van der Waals surface area contributed by atoms with Crippen LogP contribution in [0.1, 0.15) is 0 Å². The highest BCUT2D eigenvalue weighted by Gasteiger charge is 2.15. The summed E-state index contributed by atoms with van der Waals surface area (Å²) in [6.45, 7) is 2.75. The Labute approximate surface area is 147 Å². The van der Waals surface area contributed by atoms with E-state index in [2.05, 4.69) is 9.97 Å². The fourth-order valence-electron chi connectivity index (χ4n) is 1.99. The first-order chi connectivity index (χ1) is 12.0. The molecule has 1 saturated heterocycles. The molecule has 10 nitrogen and oxygen atoms in total. The predicted molar refractivity (Wildman–Crippen MR) is 89.8 cm³/mol. The van der Waals surface area contributed by atoms with Gasteiger partial charge in [-0.3, -0.25) is 20.2 Å². The maximum Gasteiger partial charge on any atom is 0.274 e. The molecule has 132 valence electrons. The molecule has 0 saturated carbocycles. The molecule has 0 aromatic carbocycles.